The lowest BCUT2D eigenvalue weighted by Gasteiger charge is -2.01. The monoisotopic (exact) mass is 280 g/mol. The molecule has 2 aromatic carbocycles. The molecule has 0 bridgehead atoms. The first kappa shape index (κ1) is 12.9. The Kier molecular flexibility index (Phi) is 3.12. The predicted octanol–water partition coefficient (Wildman–Crippen LogP) is 3.03. The summed E-state index contributed by atoms with van der Waals surface area (Å²) in [4.78, 5) is 10.2. The van der Waals surface area contributed by atoms with Crippen LogP contribution in [0, 0.1) is 10.1 Å². The van der Waals surface area contributed by atoms with Crippen LogP contribution in [-0.2, 0) is 0 Å². The molecule has 2 N–H and O–H groups in total. The van der Waals surface area contributed by atoms with Gasteiger partial charge in [0.25, 0.3) is 5.69 Å². The van der Waals surface area contributed by atoms with Crippen LogP contribution in [0.3, 0.4) is 0 Å². The van der Waals surface area contributed by atoms with Gasteiger partial charge in [-0.25, -0.2) is 4.68 Å². The molecule has 0 aliphatic heterocycles. The first-order chi connectivity index (χ1) is 10.1. The Morgan fingerprint density at radius 3 is 2.29 bits per heavy atom. The third kappa shape index (κ3) is 2.59. The average molecular weight is 280 g/mol. The number of nitrogens with two attached hydrogens (primary N) is 1. The SMILES string of the molecule is Nc1ccc(-n2ccc(-c3ccc([N+](=O)[O-])cc3)n2)cc1. The molecular weight excluding hydrogens is 268 g/mol. The highest BCUT2D eigenvalue weighted by Crippen LogP contribution is 2.21. The molecule has 0 radical (unpaired) electrons. The summed E-state index contributed by atoms with van der Waals surface area (Å²) >= 11 is 0. The topological polar surface area (TPSA) is 87.0 Å². The fourth-order valence-electron chi connectivity index (χ4n) is 2.00. The summed E-state index contributed by atoms with van der Waals surface area (Å²) in [5.74, 6) is 0. The van der Waals surface area contributed by atoms with Crippen molar-refractivity contribution in [1.82, 2.24) is 9.78 Å². The Morgan fingerprint density at radius 1 is 1.00 bits per heavy atom. The highest BCUT2D eigenvalue weighted by atomic mass is 16.6. The number of hydrogen-bond acceptors (Lipinski definition) is 4. The lowest BCUT2D eigenvalue weighted by atomic mass is 10.1. The number of hydrogen-bond donors (Lipinski definition) is 1. The van der Waals surface area contributed by atoms with Gasteiger partial charge in [0, 0.05) is 29.6 Å². The van der Waals surface area contributed by atoms with Crippen LogP contribution < -0.4 is 5.73 Å². The van der Waals surface area contributed by atoms with Crippen LogP contribution in [0.25, 0.3) is 16.9 Å². The fourth-order valence-corrected chi connectivity index (χ4v) is 2.00. The van der Waals surface area contributed by atoms with Gasteiger partial charge in [0.15, 0.2) is 0 Å². The zero-order valence-electron chi connectivity index (χ0n) is 11.0. The number of non-ortho nitro benzene ring substituents is 1. The Bertz CT molecular complexity index is 776. The van der Waals surface area contributed by atoms with Gasteiger partial charge in [-0.15, -0.1) is 0 Å². The van der Waals surface area contributed by atoms with E-state index in [4.69, 9.17) is 5.73 Å². The van der Waals surface area contributed by atoms with Crippen molar-refractivity contribution >= 4 is 11.4 Å². The molecule has 0 spiro atoms. The van der Waals surface area contributed by atoms with Crippen molar-refractivity contribution in [2.75, 3.05) is 5.73 Å². The maximum absolute atomic E-state index is 10.6. The van der Waals surface area contributed by atoms with Crippen molar-refractivity contribution in [3.05, 3.63) is 70.9 Å². The van der Waals surface area contributed by atoms with E-state index >= 15 is 0 Å². The van der Waals surface area contributed by atoms with Crippen molar-refractivity contribution in [3.8, 4) is 16.9 Å². The molecule has 0 saturated heterocycles. The summed E-state index contributed by atoms with van der Waals surface area (Å²) in [6.45, 7) is 0. The van der Waals surface area contributed by atoms with Gasteiger partial charge in [0.1, 0.15) is 0 Å². The van der Waals surface area contributed by atoms with Crippen LogP contribution in [0.5, 0.6) is 0 Å². The largest absolute Gasteiger partial charge is 0.399 e. The van der Waals surface area contributed by atoms with E-state index in [9.17, 15) is 10.1 Å². The first-order valence-electron chi connectivity index (χ1n) is 6.30. The molecular formula is C15H12N4O2. The number of rotatable bonds is 3. The van der Waals surface area contributed by atoms with E-state index in [1.807, 2.05) is 36.5 Å². The van der Waals surface area contributed by atoms with Crippen molar-refractivity contribution in [2.24, 2.45) is 0 Å². The van der Waals surface area contributed by atoms with Crippen LogP contribution in [0.15, 0.2) is 60.8 Å². The van der Waals surface area contributed by atoms with Crippen LogP contribution >= 0.6 is 0 Å². The minimum absolute atomic E-state index is 0.0664. The second-order valence-electron chi connectivity index (χ2n) is 4.54. The normalized spacial score (nSPS) is 10.5. The third-order valence-electron chi connectivity index (χ3n) is 3.12. The molecule has 0 atom stereocenters. The maximum atomic E-state index is 10.6. The molecule has 3 aromatic rings. The van der Waals surface area contributed by atoms with Crippen molar-refractivity contribution in [1.29, 1.82) is 0 Å². The summed E-state index contributed by atoms with van der Waals surface area (Å²) < 4.78 is 1.73. The molecule has 0 aliphatic rings. The number of nitrogen functional groups attached to an aromatic ring is 1. The van der Waals surface area contributed by atoms with Crippen LogP contribution in [-0.4, -0.2) is 14.7 Å². The van der Waals surface area contributed by atoms with E-state index in [1.165, 1.54) is 12.1 Å². The second-order valence-corrected chi connectivity index (χ2v) is 4.54. The standard InChI is InChI=1S/C15H12N4O2/c16-12-3-7-13(8-4-12)18-10-9-15(17-18)11-1-5-14(6-2-11)19(20)21/h1-10H,16H2. The van der Waals surface area contributed by atoms with E-state index in [-0.39, 0.29) is 5.69 Å². The summed E-state index contributed by atoms with van der Waals surface area (Å²) in [6.07, 6.45) is 1.84. The number of nitrogens with zero attached hydrogens (tertiary/aromatic N) is 3. The van der Waals surface area contributed by atoms with E-state index < -0.39 is 4.92 Å². The number of anilines is 1. The molecule has 6 nitrogen and oxygen atoms in total. The van der Waals surface area contributed by atoms with Gasteiger partial charge in [-0.1, -0.05) is 0 Å². The molecule has 0 unspecified atom stereocenters. The van der Waals surface area contributed by atoms with Gasteiger partial charge < -0.3 is 5.73 Å². The highest BCUT2D eigenvalue weighted by molar-refractivity contribution is 5.61. The highest BCUT2D eigenvalue weighted by Gasteiger charge is 2.07. The zero-order chi connectivity index (χ0) is 14.8. The number of aromatic nitrogens is 2. The van der Waals surface area contributed by atoms with E-state index in [0.29, 0.717) is 5.69 Å². The summed E-state index contributed by atoms with van der Waals surface area (Å²) in [5.41, 5.74) is 8.90. The summed E-state index contributed by atoms with van der Waals surface area (Å²) in [7, 11) is 0. The third-order valence-corrected chi connectivity index (χ3v) is 3.12. The van der Waals surface area contributed by atoms with Crippen molar-refractivity contribution in [3.63, 3.8) is 0 Å². The van der Waals surface area contributed by atoms with Crippen molar-refractivity contribution in [2.45, 2.75) is 0 Å². The van der Waals surface area contributed by atoms with Crippen LogP contribution in [0.4, 0.5) is 11.4 Å². The van der Waals surface area contributed by atoms with Crippen molar-refractivity contribution < 1.29 is 4.92 Å². The first-order valence-corrected chi connectivity index (χ1v) is 6.30. The Morgan fingerprint density at radius 2 is 1.67 bits per heavy atom. The van der Waals surface area contributed by atoms with Gasteiger partial charge in [-0.05, 0) is 42.5 Å². The molecule has 21 heavy (non-hydrogen) atoms. The average Bonchev–Trinajstić information content (AvgIpc) is 2.98. The number of benzene rings is 2. The summed E-state index contributed by atoms with van der Waals surface area (Å²) in [5, 5.41) is 15.1. The minimum Gasteiger partial charge on any atom is -0.399 e. The van der Waals surface area contributed by atoms with Crippen LogP contribution in [0.1, 0.15) is 0 Å². The Labute approximate surface area is 120 Å². The summed E-state index contributed by atoms with van der Waals surface area (Å²) in [6, 6.07) is 15.5. The minimum atomic E-state index is -0.420. The van der Waals surface area contributed by atoms with E-state index in [1.54, 1.807) is 16.8 Å². The maximum Gasteiger partial charge on any atom is 0.269 e. The van der Waals surface area contributed by atoms with Gasteiger partial charge in [-0.3, -0.25) is 10.1 Å². The number of nitro benzene ring substituents is 1. The fraction of sp³-hybridized carbons (Fsp3) is 0. The van der Waals surface area contributed by atoms with Gasteiger partial charge in [-0.2, -0.15) is 5.10 Å². The Balaban J connectivity index is 1.90. The van der Waals surface area contributed by atoms with Gasteiger partial charge in [0.2, 0.25) is 0 Å². The van der Waals surface area contributed by atoms with E-state index in [0.717, 1.165) is 16.9 Å². The zero-order valence-corrected chi connectivity index (χ0v) is 11.0. The molecule has 6 heteroatoms. The number of nitro groups is 1. The van der Waals surface area contributed by atoms with Gasteiger partial charge in [0.05, 0.1) is 16.3 Å². The second kappa shape index (κ2) is 5.09. The van der Waals surface area contributed by atoms with E-state index in [2.05, 4.69) is 5.10 Å². The quantitative estimate of drug-likeness (QED) is 0.454. The lowest BCUT2D eigenvalue weighted by Crippen LogP contribution is -1.95. The molecule has 0 fully saturated rings. The molecule has 1 heterocycles. The molecule has 3 rings (SSSR count). The van der Waals surface area contributed by atoms with Crippen LogP contribution in [0.2, 0.25) is 0 Å². The van der Waals surface area contributed by atoms with Gasteiger partial charge >= 0.3 is 0 Å². The lowest BCUT2D eigenvalue weighted by molar-refractivity contribution is -0.384. The molecule has 0 amide bonds. The molecule has 104 valence electrons. The smallest absolute Gasteiger partial charge is 0.269 e. The molecule has 0 saturated carbocycles. The Hall–Kier alpha value is -3.15. The molecule has 0 aliphatic carbocycles. The predicted molar refractivity (Wildman–Crippen MR) is 80.1 cm³/mol. The molecule has 1 aromatic heterocycles.